The molecule has 0 radical (unpaired) electrons. The van der Waals surface area contributed by atoms with Crippen LogP contribution in [0.5, 0.6) is 0 Å². The zero-order chi connectivity index (χ0) is 36.7. The van der Waals surface area contributed by atoms with Gasteiger partial charge in [-0.1, -0.05) is 30.3 Å². The van der Waals surface area contributed by atoms with Gasteiger partial charge in [0.05, 0.1) is 37.4 Å². The molecular weight excluding hydrogens is 711 g/mol. The Hall–Kier alpha value is -3.87. The van der Waals surface area contributed by atoms with Crippen molar-refractivity contribution in [1.82, 2.24) is 9.80 Å². The maximum absolute atomic E-state index is 14.5. The monoisotopic (exact) mass is 740 g/mol. The summed E-state index contributed by atoms with van der Waals surface area (Å²) in [6.45, 7) is -2.88. The van der Waals surface area contributed by atoms with Crippen LogP contribution in [0.4, 0.5) is 44.3 Å². The van der Waals surface area contributed by atoms with E-state index in [9.17, 15) is 57.8 Å². The topological polar surface area (TPSA) is 96.4 Å². The zero-order valence-electron chi connectivity index (χ0n) is 25.8. The van der Waals surface area contributed by atoms with Crippen LogP contribution in [0.3, 0.4) is 0 Å². The van der Waals surface area contributed by atoms with Crippen molar-refractivity contribution in [3.8, 4) is 0 Å². The summed E-state index contributed by atoms with van der Waals surface area (Å²) in [4.78, 5) is 15.5. The second kappa shape index (κ2) is 13.7. The molecule has 0 saturated carbocycles. The third kappa shape index (κ3) is 6.53. The molecule has 2 aliphatic rings. The Morgan fingerprint density at radius 2 is 1.48 bits per heavy atom. The lowest BCUT2D eigenvalue weighted by Gasteiger charge is -2.38. The van der Waals surface area contributed by atoms with E-state index >= 15 is 0 Å². The fourth-order valence-corrected chi connectivity index (χ4v) is 8.27. The fraction of sp³-hybridized carbons (Fsp3) is 0.406. The minimum Gasteiger partial charge on any atom is -0.394 e. The molecule has 0 bridgehead atoms. The van der Waals surface area contributed by atoms with E-state index in [1.54, 1.807) is 0 Å². The Balaban J connectivity index is 1.58. The number of carbonyl (C=O) groups excluding carboxylic acids is 1. The van der Waals surface area contributed by atoms with Crippen LogP contribution in [0.25, 0.3) is 0 Å². The van der Waals surface area contributed by atoms with Crippen LogP contribution >= 0.6 is 0 Å². The van der Waals surface area contributed by atoms with E-state index in [1.807, 2.05) is 0 Å². The highest BCUT2D eigenvalue weighted by molar-refractivity contribution is 7.92. The standard InChI is InChI=1S/C32H29F9N2O6S/c33-22-8-10-24(11-9-22)50(46,47)29(12-13-43(19-29)28(45)42-14-15-48-23(16-42)17-44)20-4-6-21(7-5-20)30(31(36,37)38,32(39,40)41)49-18-25-26(34)2-1-3-27(25)35/h1-11,23,44H,12-19H2/t23-,29-/m0/s1. The molecule has 5 rings (SSSR count). The number of hydrogen-bond donors (Lipinski definition) is 1. The van der Waals surface area contributed by atoms with Crippen molar-refractivity contribution in [3.63, 3.8) is 0 Å². The lowest BCUT2D eigenvalue weighted by atomic mass is 9.88. The zero-order valence-corrected chi connectivity index (χ0v) is 26.6. The van der Waals surface area contributed by atoms with Crippen LogP contribution in [0.15, 0.2) is 71.6 Å². The second-order valence-electron chi connectivity index (χ2n) is 11.8. The number of hydrogen-bond acceptors (Lipinski definition) is 6. The third-order valence-corrected chi connectivity index (χ3v) is 11.4. The lowest BCUT2D eigenvalue weighted by molar-refractivity contribution is -0.392. The normalized spacial score (nSPS) is 20.7. The Morgan fingerprint density at radius 3 is 2.04 bits per heavy atom. The molecule has 0 aromatic heterocycles. The van der Waals surface area contributed by atoms with Gasteiger partial charge >= 0.3 is 18.4 Å². The predicted octanol–water partition coefficient (Wildman–Crippen LogP) is 5.83. The van der Waals surface area contributed by atoms with Crippen LogP contribution in [-0.2, 0) is 36.3 Å². The first-order chi connectivity index (χ1) is 23.4. The van der Waals surface area contributed by atoms with Gasteiger partial charge in [-0.2, -0.15) is 26.3 Å². The smallest absolute Gasteiger partial charge is 0.394 e. The number of likely N-dealkylation sites (tertiary alicyclic amines) is 1. The lowest BCUT2D eigenvalue weighted by Crippen LogP contribution is -2.56. The minimum atomic E-state index is -6.24. The number of urea groups is 1. The maximum Gasteiger partial charge on any atom is 0.430 e. The van der Waals surface area contributed by atoms with Crippen molar-refractivity contribution in [2.75, 3.05) is 39.4 Å². The summed E-state index contributed by atoms with van der Waals surface area (Å²) < 4.78 is 165. The van der Waals surface area contributed by atoms with Gasteiger partial charge in [0.15, 0.2) is 9.84 Å². The van der Waals surface area contributed by atoms with Crippen LogP contribution in [0.2, 0.25) is 0 Å². The van der Waals surface area contributed by atoms with Crippen LogP contribution in [0.1, 0.15) is 23.1 Å². The highest BCUT2D eigenvalue weighted by atomic mass is 32.2. The Kier molecular flexibility index (Phi) is 10.2. The molecule has 0 unspecified atom stereocenters. The van der Waals surface area contributed by atoms with Gasteiger partial charge in [-0.25, -0.2) is 26.4 Å². The third-order valence-electron chi connectivity index (χ3n) is 8.86. The number of amides is 2. The van der Waals surface area contributed by atoms with Crippen molar-refractivity contribution < 1.29 is 67.3 Å². The van der Waals surface area contributed by atoms with Gasteiger partial charge < -0.3 is 24.4 Å². The number of sulfone groups is 1. The highest BCUT2D eigenvalue weighted by Crippen LogP contribution is 2.54. The van der Waals surface area contributed by atoms with Gasteiger partial charge in [0.25, 0.3) is 5.60 Å². The van der Waals surface area contributed by atoms with E-state index in [1.165, 1.54) is 4.90 Å². The van der Waals surface area contributed by atoms with Crippen molar-refractivity contribution in [3.05, 3.63) is 101 Å². The summed E-state index contributed by atoms with van der Waals surface area (Å²) in [6.07, 6.45) is -13.6. The molecule has 3 aromatic rings. The Bertz CT molecular complexity index is 1770. The van der Waals surface area contributed by atoms with Crippen molar-refractivity contribution >= 4 is 15.9 Å². The summed E-state index contributed by atoms with van der Waals surface area (Å²) >= 11 is 0. The molecule has 2 atom stereocenters. The van der Waals surface area contributed by atoms with Gasteiger partial charge in [0.2, 0.25) is 0 Å². The average Bonchev–Trinajstić information content (AvgIpc) is 3.52. The van der Waals surface area contributed by atoms with Crippen LogP contribution in [0, 0.1) is 17.5 Å². The van der Waals surface area contributed by atoms with Crippen molar-refractivity contribution in [1.29, 1.82) is 0 Å². The summed E-state index contributed by atoms with van der Waals surface area (Å²) in [7, 11) is -4.65. The summed E-state index contributed by atoms with van der Waals surface area (Å²) in [5.74, 6) is -3.69. The number of carbonyl (C=O) groups is 1. The van der Waals surface area contributed by atoms with Gasteiger partial charge in [-0.15, -0.1) is 0 Å². The molecule has 272 valence electrons. The molecule has 2 heterocycles. The van der Waals surface area contributed by atoms with E-state index in [-0.39, 0.29) is 38.2 Å². The van der Waals surface area contributed by atoms with Gasteiger partial charge in [-0.05, 0) is 48.4 Å². The molecule has 0 spiro atoms. The van der Waals surface area contributed by atoms with E-state index in [0.29, 0.717) is 24.3 Å². The van der Waals surface area contributed by atoms with Gasteiger partial charge in [0.1, 0.15) is 22.2 Å². The van der Waals surface area contributed by atoms with E-state index in [2.05, 4.69) is 4.74 Å². The first-order valence-corrected chi connectivity index (χ1v) is 16.4. The molecule has 2 saturated heterocycles. The predicted molar refractivity (Wildman–Crippen MR) is 157 cm³/mol. The molecule has 50 heavy (non-hydrogen) atoms. The second-order valence-corrected chi connectivity index (χ2v) is 14.0. The molecule has 3 aromatic carbocycles. The highest BCUT2D eigenvalue weighted by Gasteiger charge is 2.73. The Morgan fingerprint density at radius 1 is 0.880 bits per heavy atom. The number of ether oxygens (including phenoxy) is 2. The van der Waals surface area contributed by atoms with Gasteiger partial charge in [0, 0.05) is 30.8 Å². The largest absolute Gasteiger partial charge is 0.430 e. The molecule has 2 aliphatic heterocycles. The quantitative estimate of drug-likeness (QED) is 0.231. The SMILES string of the molecule is O=C(N1CCO[C@H](CO)C1)N1CC[C@](c2ccc(C(OCc3c(F)cccc3F)(C(F)(F)F)C(F)(F)F)cc2)(S(=O)(=O)c2ccc(F)cc2)C1. The number of aliphatic hydroxyl groups is 1. The average molecular weight is 741 g/mol. The number of halogens is 9. The van der Waals surface area contributed by atoms with Crippen molar-refractivity contribution in [2.24, 2.45) is 0 Å². The molecule has 8 nitrogen and oxygen atoms in total. The Labute approximate surface area is 279 Å². The van der Waals surface area contributed by atoms with Crippen molar-refractivity contribution in [2.45, 2.75) is 46.7 Å². The number of morpholine rings is 1. The number of rotatable bonds is 8. The van der Waals surface area contributed by atoms with Gasteiger partial charge in [-0.3, -0.25) is 0 Å². The number of benzene rings is 3. The van der Waals surface area contributed by atoms with Crippen LogP contribution in [-0.4, -0.2) is 87.2 Å². The van der Waals surface area contributed by atoms with E-state index in [4.69, 9.17) is 4.74 Å². The molecule has 2 fully saturated rings. The number of nitrogens with zero attached hydrogens (tertiary/aromatic N) is 2. The van der Waals surface area contributed by atoms with E-state index < -0.39 is 97.9 Å². The fourth-order valence-electron chi connectivity index (χ4n) is 6.19. The molecule has 0 aliphatic carbocycles. The van der Waals surface area contributed by atoms with Crippen LogP contribution < -0.4 is 0 Å². The first-order valence-electron chi connectivity index (χ1n) is 15.0. The maximum atomic E-state index is 14.5. The molecule has 1 N–H and O–H groups in total. The molecular formula is C32H29F9N2O6S. The number of aliphatic hydroxyl groups excluding tert-OH is 1. The summed E-state index contributed by atoms with van der Waals surface area (Å²) in [5.41, 5.74) is -8.17. The molecule has 2 amide bonds. The summed E-state index contributed by atoms with van der Waals surface area (Å²) in [6, 6.07) is 7.18. The molecule has 18 heteroatoms. The minimum absolute atomic E-state index is 0.0357. The first kappa shape index (κ1) is 37.4. The van der Waals surface area contributed by atoms with E-state index in [0.717, 1.165) is 47.4 Å². The summed E-state index contributed by atoms with van der Waals surface area (Å²) in [5, 5.41) is 9.47. The number of alkyl halides is 6.